The molecule has 31 heavy (non-hydrogen) atoms. The van der Waals surface area contributed by atoms with Crippen molar-refractivity contribution in [2.45, 2.75) is 33.4 Å². The summed E-state index contributed by atoms with van der Waals surface area (Å²) < 4.78 is 0. The fourth-order valence-corrected chi connectivity index (χ4v) is 4.79. The molecular formula is C27H25NO2S. The lowest BCUT2D eigenvalue weighted by molar-refractivity contribution is -0.119. The lowest BCUT2D eigenvalue weighted by atomic mass is 10.0. The van der Waals surface area contributed by atoms with Gasteiger partial charge in [-0.3, -0.25) is 9.59 Å². The number of nitrogens with zero attached hydrogens (tertiary/aromatic N) is 1. The molecule has 1 heterocycles. The van der Waals surface area contributed by atoms with Crippen LogP contribution in [-0.4, -0.2) is 11.8 Å². The van der Waals surface area contributed by atoms with E-state index in [4.69, 9.17) is 0 Å². The summed E-state index contributed by atoms with van der Waals surface area (Å²) in [6.07, 6.45) is 0. The number of thioether (sulfide) groups is 1. The van der Waals surface area contributed by atoms with Crippen molar-refractivity contribution < 1.29 is 9.59 Å². The van der Waals surface area contributed by atoms with Crippen molar-refractivity contribution in [3.05, 3.63) is 105 Å². The van der Waals surface area contributed by atoms with E-state index in [9.17, 15) is 9.59 Å². The van der Waals surface area contributed by atoms with Gasteiger partial charge in [-0.15, -0.1) is 11.8 Å². The highest BCUT2D eigenvalue weighted by Gasteiger charge is 2.40. The third-order valence-corrected chi connectivity index (χ3v) is 7.02. The van der Waals surface area contributed by atoms with E-state index in [0.717, 1.165) is 33.4 Å². The van der Waals surface area contributed by atoms with Gasteiger partial charge in [0.2, 0.25) is 0 Å². The van der Waals surface area contributed by atoms with Crippen LogP contribution in [0.15, 0.2) is 71.6 Å². The second kappa shape index (κ2) is 8.56. The molecule has 0 aliphatic carbocycles. The lowest BCUT2D eigenvalue weighted by Crippen LogP contribution is -2.32. The van der Waals surface area contributed by atoms with Gasteiger partial charge in [-0.25, -0.2) is 4.90 Å². The number of imide groups is 1. The Kier molecular flexibility index (Phi) is 5.84. The number of carbonyl (C=O) groups excluding carboxylic acids is 2. The molecule has 3 nitrogen and oxygen atoms in total. The van der Waals surface area contributed by atoms with Gasteiger partial charge < -0.3 is 0 Å². The zero-order chi connectivity index (χ0) is 22.1. The van der Waals surface area contributed by atoms with Gasteiger partial charge in [0, 0.05) is 5.75 Å². The van der Waals surface area contributed by atoms with E-state index in [1.54, 1.807) is 0 Å². The molecule has 0 atom stereocenters. The minimum atomic E-state index is -0.252. The maximum atomic E-state index is 13.6. The van der Waals surface area contributed by atoms with Crippen LogP contribution in [0.5, 0.6) is 0 Å². The van der Waals surface area contributed by atoms with Gasteiger partial charge in [0.15, 0.2) is 0 Å². The molecule has 4 rings (SSSR count). The number of rotatable bonds is 5. The van der Waals surface area contributed by atoms with E-state index < -0.39 is 0 Å². The van der Waals surface area contributed by atoms with Crippen LogP contribution >= 0.6 is 11.8 Å². The van der Waals surface area contributed by atoms with E-state index in [1.165, 1.54) is 16.7 Å². The number of carbonyl (C=O) groups is 2. The molecule has 0 aromatic heterocycles. The van der Waals surface area contributed by atoms with E-state index in [0.29, 0.717) is 21.9 Å². The predicted octanol–water partition coefficient (Wildman–Crippen LogP) is 6.14. The molecule has 0 unspecified atom stereocenters. The summed E-state index contributed by atoms with van der Waals surface area (Å²) in [5, 5.41) is 0. The molecule has 0 fully saturated rings. The van der Waals surface area contributed by atoms with Crippen LogP contribution in [0.25, 0.3) is 5.57 Å². The van der Waals surface area contributed by atoms with Crippen molar-refractivity contribution in [2.75, 3.05) is 4.90 Å². The largest absolute Gasteiger partial charge is 0.272 e. The number of hydrogen-bond donors (Lipinski definition) is 0. The molecular weight excluding hydrogens is 402 g/mol. The zero-order valence-corrected chi connectivity index (χ0v) is 19.0. The second-order valence-electron chi connectivity index (χ2n) is 7.94. The molecule has 0 N–H and O–H groups in total. The van der Waals surface area contributed by atoms with Crippen LogP contribution in [0, 0.1) is 27.7 Å². The molecule has 0 bridgehead atoms. The normalized spacial score (nSPS) is 14.0. The highest BCUT2D eigenvalue weighted by molar-refractivity contribution is 8.03. The van der Waals surface area contributed by atoms with Gasteiger partial charge in [-0.2, -0.15) is 0 Å². The number of hydrogen-bond acceptors (Lipinski definition) is 3. The van der Waals surface area contributed by atoms with Gasteiger partial charge in [0.25, 0.3) is 11.8 Å². The number of anilines is 1. The van der Waals surface area contributed by atoms with Crippen LogP contribution in [-0.2, 0) is 15.3 Å². The summed E-state index contributed by atoms with van der Waals surface area (Å²) in [6, 6.07) is 21.7. The minimum absolute atomic E-state index is 0.243. The first-order chi connectivity index (χ1) is 14.9. The fourth-order valence-electron chi connectivity index (χ4n) is 3.72. The first-order valence-corrected chi connectivity index (χ1v) is 11.3. The molecule has 1 aliphatic rings. The number of benzene rings is 3. The Bertz CT molecular complexity index is 1210. The molecule has 156 valence electrons. The van der Waals surface area contributed by atoms with Crippen molar-refractivity contribution in [3.8, 4) is 0 Å². The molecule has 3 aromatic rings. The molecule has 0 spiro atoms. The van der Waals surface area contributed by atoms with Crippen LogP contribution in [0.1, 0.15) is 33.4 Å². The molecule has 0 radical (unpaired) electrons. The third kappa shape index (κ3) is 3.96. The Labute approximate surface area is 187 Å². The van der Waals surface area contributed by atoms with E-state index in [-0.39, 0.29) is 11.8 Å². The van der Waals surface area contributed by atoms with E-state index in [1.807, 2.05) is 94.4 Å². The van der Waals surface area contributed by atoms with Crippen molar-refractivity contribution in [1.29, 1.82) is 0 Å². The summed E-state index contributed by atoms with van der Waals surface area (Å²) >= 11 is 1.44. The van der Waals surface area contributed by atoms with Gasteiger partial charge in [-0.05, 0) is 67.1 Å². The van der Waals surface area contributed by atoms with E-state index in [2.05, 4.69) is 0 Å². The third-order valence-electron chi connectivity index (χ3n) is 5.88. The minimum Gasteiger partial charge on any atom is -0.268 e. The van der Waals surface area contributed by atoms with Gasteiger partial charge in [-0.1, -0.05) is 60.7 Å². The average molecular weight is 428 g/mol. The summed E-state index contributed by atoms with van der Waals surface area (Å²) in [7, 11) is 0. The number of amides is 2. The Morgan fingerprint density at radius 2 is 1.48 bits per heavy atom. The van der Waals surface area contributed by atoms with E-state index >= 15 is 0 Å². The quantitative estimate of drug-likeness (QED) is 0.459. The smallest absolute Gasteiger partial charge is 0.268 e. The summed E-state index contributed by atoms with van der Waals surface area (Å²) in [5.41, 5.74) is 7.32. The summed E-state index contributed by atoms with van der Waals surface area (Å²) in [4.78, 5) is 29.1. The topological polar surface area (TPSA) is 37.4 Å². The maximum absolute atomic E-state index is 13.6. The Balaban J connectivity index is 1.80. The second-order valence-corrected chi connectivity index (χ2v) is 8.93. The van der Waals surface area contributed by atoms with Crippen molar-refractivity contribution in [3.63, 3.8) is 0 Å². The monoisotopic (exact) mass is 427 g/mol. The zero-order valence-electron chi connectivity index (χ0n) is 18.2. The van der Waals surface area contributed by atoms with Crippen LogP contribution < -0.4 is 4.90 Å². The Morgan fingerprint density at radius 1 is 0.742 bits per heavy atom. The molecule has 0 saturated carbocycles. The first kappa shape index (κ1) is 21.1. The molecule has 3 aromatic carbocycles. The van der Waals surface area contributed by atoms with Crippen LogP contribution in [0.3, 0.4) is 0 Å². The first-order valence-electron chi connectivity index (χ1n) is 10.3. The average Bonchev–Trinajstić information content (AvgIpc) is 3.01. The highest BCUT2D eigenvalue weighted by Crippen LogP contribution is 2.41. The predicted molar refractivity (Wildman–Crippen MR) is 129 cm³/mol. The maximum Gasteiger partial charge on any atom is 0.272 e. The standard InChI is InChI=1S/C27H25NO2S/c1-17-13-14-22(15-19(17)3)24-25(31-16-21-10-6-5-7-11-21)27(30)28(26(24)29)23-12-8-9-18(2)20(23)4/h5-15H,16H2,1-4H3. The SMILES string of the molecule is Cc1ccc(C2=C(SCc3ccccc3)C(=O)N(c3cccc(C)c3C)C2=O)cc1C. The van der Waals surface area contributed by atoms with Crippen LogP contribution in [0.4, 0.5) is 5.69 Å². The summed E-state index contributed by atoms with van der Waals surface area (Å²) in [6.45, 7) is 8.02. The van der Waals surface area contributed by atoms with Crippen LogP contribution in [0.2, 0.25) is 0 Å². The fraction of sp³-hybridized carbons (Fsp3) is 0.185. The molecule has 4 heteroatoms. The Hall–Kier alpha value is -3.11. The van der Waals surface area contributed by atoms with Gasteiger partial charge in [0.1, 0.15) is 0 Å². The highest BCUT2D eigenvalue weighted by atomic mass is 32.2. The van der Waals surface area contributed by atoms with Gasteiger partial charge in [0.05, 0.1) is 16.2 Å². The lowest BCUT2D eigenvalue weighted by Gasteiger charge is -2.19. The molecule has 1 aliphatic heterocycles. The van der Waals surface area contributed by atoms with Gasteiger partial charge >= 0.3 is 0 Å². The molecule has 2 amide bonds. The van der Waals surface area contributed by atoms with Crippen molar-refractivity contribution in [1.82, 2.24) is 0 Å². The number of aryl methyl sites for hydroxylation is 3. The Morgan fingerprint density at radius 3 is 2.19 bits per heavy atom. The summed E-state index contributed by atoms with van der Waals surface area (Å²) in [5.74, 6) is 0.134. The van der Waals surface area contributed by atoms with Crippen molar-refractivity contribution in [2.24, 2.45) is 0 Å². The van der Waals surface area contributed by atoms with Crippen molar-refractivity contribution >= 4 is 34.8 Å². The molecule has 0 saturated heterocycles.